The zero-order valence-corrected chi connectivity index (χ0v) is 20.6. The maximum atomic E-state index is 12.9. The number of thiazole rings is 1. The summed E-state index contributed by atoms with van der Waals surface area (Å²) in [5, 5.41) is 6.04. The van der Waals surface area contributed by atoms with E-state index in [-0.39, 0.29) is 30.2 Å². The van der Waals surface area contributed by atoms with Gasteiger partial charge in [-0.2, -0.15) is 0 Å². The van der Waals surface area contributed by atoms with Gasteiger partial charge in [-0.25, -0.2) is 4.98 Å². The average molecular weight is 482 g/mol. The molecule has 2 heterocycles. The number of nitrogens with one attached hydrogen (secondary N) is 1. The van der Waals surface area contributed by atoms with Crippen molar-refractivity contribution >= 4 is 28.8 Å². The molecule has 0 aliphatic carbocycles. The Morgan fingerprint density at radius 1 is 1.03 bits per heavy atom. The Balaban J connectivity index is 1.23. The third-order valence-corrected chi connectivity index (χ3v) is 7.48. The molecule has 0 radical (unpaired) electrons. The van der Waals surface area contributed by atoms with Crippen LogP contribution in [0.1, 0.15) is 30.5 Å². The molecule has 1 aliphatic rings. The van der Waals surface area contributed by atoms with E-state index in [4.69, 9.17) is 4.98 Å². The first kappa shape index (κ1) is 23.0. The highest BCUT2D eigenvalue weighted by atomic mass is 32.1. The summed E-state index contributed by atoms with van der Waals surface area (Å²) >= 11 is 1.63. The standard InChI is InChI=1S/C29H27N3O2S/c1-19-8-6-7-11-25(19)29-31-26(18-35-29)22-12-14-24(15-13-22)30-28(34)23-16-27(33)32(17-23)20(2)21-9-4-3-5-10-21/h3-15,18,20,23H,16-17H2,1-2H3,(H,30,34). The van der Waals surface area contributed by atoms with Crippen molar-refractivity contribution in [3.05, 3.63) is 95.4 Å². The predicted molar refractivity (Wildman–Crippen MR) is 141 cm³/mol. The highest BCUT2D eigenvalue weighted by molar-refractivity contribution is 7.13. The number of hydrogen-bond acceptors (Lipinski definition) is 4. The minimum absolute atomic E-state index is 0.0184. The summed E-state index contributed by atoms with van der Waals surface area (Å²) in [6.45, 7) is 4.53. The summed E-state index contributed by atoms with van der Waals surface area (Å²) in [6, 6.07) is 25.8. The lowest BCUT2D eigenvalue weighted by atomic mass is 10.1. The number of carbonyl (C=O) groups excluding carboxylic acids is 2. The number of aromatic nitrogens is 1. The summed E-state index contributed by atoms with van der Waals surface area (Å²) in [5.41, 5.74) is 6.05. The molecule has 35 heavy (non-hydrogen) atoms. The van der Waals surface area contributed by atoms with Crippen LogP contribution in [-0.2, 0) is 9.59 Å². The van der Waals surface area contributed by atoms with Gasteiger partial charge in [0.25, 0.3) is 0 Å². The van der Waals surface area contributed by atoms with E-state index in [1.807, 2.05) is 73.7 Å². The minimum atomic E-state index is -0.358. The van der Waals surface area contributed by atoms with Crippen LogP contribution in [0.5, 0.6) is 0 Å². The third-order valence-electron chi connectivity index (χ3n) is 6.61. The van der Waals surface area contributed by atoms with Crippen LogP contribution in [-0.4, -0.2) is 28.2 Å². The Hall–Kier alpha value is -3.77. The molecule has 5 nitrogen and oxygen atoms in total. The first-order chi connectivity index (χ1) is 17.0. The second-order valence-electron chi connectivity index (χ2n) is 8.95. The second-order valence-corrected chi connectivity index (χ2v) is 9.81. The smallest absolute Gasteiger partial charge is 0.229 e. The number of nitrogens with zero attached hydrogens (tertiary/aromatic N) is 2. The van der Waals surface area contributed by atoms with E-state index in [0.717, 1.165) is 33.1 Å². The van der Waals surface area contributed by atoms with E-state index in [9.17, 15) is 9.59 Å². The molecular formula is C29H27N3O2S. The van der Waals surface area contributed by atoms with Crippen molar-refractivity contribution in [1.29, 1.82) is 0 Å². The summed E-state index contributed by atoms with van der Waals surface area (Å²) in [6.07, 6.45) is 0.238. The number of anilines is 1. The van der Waals surface area contributed by atoms with E-state index < -0.39 is 0 Å². The van der Waals surface area contributed by atoms with Gasteiger partial charge in [-0.1, -0.05) is 66.7 Å². The minimum Gasteiger partial charge on any atom is -0.335 e. The van der Waals surface area contributed by atoms with Crippen molar-refractivity contribution in [2.75, 3.05) is 11.9 Å². The number of aryl methyl sites for hydroxylation is 1. The molecule has 2 amide bonds. The van der Waals surface area contributed by atoms with Crippen LogP contribution in [0.3, 0.4) is 0 Å². The van der Waals surface area contributed by atoms with Gasteiger partial charge in [-0.05, 0) is 37.1 Å². The summed E-state index contributed by atoms with van der Waals surface area (Å²) in [4.78, 5) is 32.1. The molecule has 0 spiro atoms. The number of carbonyl (C=O) groups is 2. The Labute approximate surface area is 209 Å². The second kappa shape index (κ2) is 9.84. The van der Waals surface area contributed by atoms with Gasteiger partial charge in [0.05, 0.1) is 17.7 Å². The molecule has 5 rings (SSSR count). The summed E-state index contributed by atoms with van der Waals surface area (Å²) in [7, 11) is 0. The van der Waals surface area contributed by atoms with Gasteiger partial charge in [0.2, 0.25) is 11.8 Å². The fourth-order valence-corrected chi connectivity index (χ4v) is 5.42. The average Bonchev–Trinajstić information content (AvgIpc) is 3.52. The largest absolute Gasteiger partial charge is 0.335 e. The molecule has 2 atom stereocenters. The lowest BCUT2D eigenvalue weighted by Gasteiger charge is -2.25. The van der Waals surface area contributed by atoms with E-state index in [1.54, 1.807) is 16.2 Å². The van der Waals surface area contributed by atoms with Crippen LogP contribution in [0.15, 0.2) is 84.2 Å². The zero-order chi connectivity index (χ0) is 24.4. The summed E-state index contributed by atoms with van der Waals surface area (Å²) in [5.74, 6) is -0.460. The Morgan fingerprint density at radius 2 is 1.74 bits per heavy atom. The van der Waals surface area contributed by atoms with Crippen LogP contribution in [0, 0.1) is 12.8 Å². The molecule has 0 bridgehead atoms. The molecule has 6 heteroatoms. The molecule has 1 aliphatic heterocycles. The van der Waals surface area contributed by atoms with Crippen molar-refractivity contribution in [2.24, 2.45) is 5.92 Å². The van der Waals surface area contributed by atoms with E-state index in [2.05, 4.69) is 29.8 Å². The molecule has 176 valence electrons. The SMILES string of the molecule is Cc1ccccc1-c1nc(-c2ccc(NC(=O)C3CC(=O)N(C(C)c4ccccc4)C3)cc2)cs1. The lowest BCUT2D eigenvalue weighted by molar-refractivity contribution is -0.129. The zero-order valence-electron chi connectivity index (χ0n) is 19.8. The van der Waals surface area contributed by atoms with Gasteiger partial charge in [-0.15, -0.1) is 11.3 Å². The normalized spacial score (nSPS) is 16.3. The molecule has 1 aromatic heterocycles. The van der Waals surface area contributed by atoms with E-state index in [0.29, 0.717) is 6.54 Å². The Kier molecular flexibility index (Phi) is 6.47. The Morgan fingerprint density at radius 3 is 2.49 bits per heavy atom. The maximum Gasteiger partial charge on any atom is 0.229 e. The van der Waals surface area contributed by atoms with Crippen LogP contribution in [0.2, 0.25) is 0 Å². The fourth-order valence-electron chi connectivity index (χ4n) is 4.50. The van der Waals surface area contributed by atoms with Crippen molar-refractivity contribution in [3.8, 4) is 21.8 Å². The molecule has 1 fully saturated rings. The van der Waals surface area contributed by atoms with Crippen LogP contribution >= 0.6 is 11.3 Å². The molecule has 2 unspecified atom stereocenters. The van der Waals surface area contributed by atoms with Gasteiger partial charge in [-0.3, -0.25) is 9.59 Å². The van der Waals surface area contributed by atoms with Gasteiger partial charge in [0, 0.05) is 35.2 Å². The number of hydrogen-bond donors (Lipinski definition) is 1. The van der Waals surface area contributed by atoms with Crippen molar-refractivity contribution < 1.29 is 9.59 Å². The number of likely N-dealkylation sites (tertiary alicyclic amines) is 1. The molecule has 4 aromatic rings. The van der Waals surface area contributed by atoms with E-state index >= 15 is 0 Å². The van der Waals surface area contributed by atoms with Crippen molar-refractivity contribution in [1.82, 2.24) is 9.88 Å². The van der Waals surface area contributed by atoms with E-state index in [1.165, 1.54) is 5.56 Å². The quantitative estimate of drug-likeness (QED) is 0.350. The van der Waals surface area contributed by atoms with Gasteiger partial charge < -0.3 is 10.2 Å². The molecule has 3 aromatic carbocycles. The van der Waals surface area contributed by atoms with Crippen LogP contribution in [0.25, 0.3) is 21.8 Å². The first-order valence-electron chi connectivity index (χ1n) is 11.8. The summed E-state index contributed by atoms with van der Waals surface area (Å²) < 4.78 is 0. The lowest BCUT2D eigenvalue weighted by Crippen LogP contribution is -2.30. The highest BCUT2D eigenvalue weighted by Crippen LogP contribution is 2.32. The van der Waals surface area contributed by atoms with Gasteiger partial charge in [0.1, 0.15) is 5.01 Å². The van der Waals surface area contributed by atoms with Crippen molar-refractivity contribution in [3.63, 3.8) is 0 Å². The fraction of sp³-hybridized carbons (Fsp3) is 0.207. The topological polar surface area (TPSA) is 62.3 Å². The molecular weight excluding hydrogens is 454 g/mol. The highest BCUT2D eigenvalue weighted by Gasteiger charge is 2.37. The van der Waals surface area contributed by atoms with Crippen molar-refractivity contribution in [2.45, 2.75) is 26.3 Å². The van der Waals surface area contributed by atoms with Gasteiger partial charge in [0.15, 0.2) is 0 Å². The monoisotopic (exact) mass is 481 g/mol. The molecule has 0 saturated carbocycles. The molecule has 1 N–H and O–H groups in total. The van der Waals surface area contributed by atoms with Crippen LogP contribution in [0.4, 0.5) is 5.69 Å². The Bertz CT molecular complexity index is 1350. The number of benzene rings is 3. The number of rotatable bonds is 6. The third kappa shape index (κ3) is 4.88. The molecule has 1 saturated heterocycles. The predicted octanol–water partition coefficient (Wildman–Crippen LogP) is 6.33. The number of amides is 2. The van der Waals surface area contributed by atoms with Crippen LogP contribution < -0.4 is 5.32 Å². The first-order valence-corrected chi connectivity index (χ1v) is 12.6. The maximum absolute atomic E-state index is 12.9. The van der Waals surface area contributed by atoms with Gasteiger partial charge >= 0.3 is 0 Å².